The van der Waals surface area contributed by atoms with Gasteiger partial charge in [-0.2, -0.15) is 0 Å². The van der Waals surface area contributed by atoms with Gasteiger partial charge in [0.1, 0.15) is 0 Å². The summed E-state index contributed by atoms with van der Waals surface area (Å²) in [5.74, 6) is 0.639. The van der Waals surface area contributed by atoms with E-state index in [4.69, 9.17) is 5.73 Å². The molecular formula is C12H15N. The molecule has 2 atom stereocenters. The Morgan fingerprint density at radius 1 is 1.38 bits per heavy atom. The van der Waals surface area contributed by atoms with Crippen LogP contribution in [0.25, 0.3) is 6.08 Å². The van der Waals surface area contributed by atoms with Gasteiger partial charge < -0.3 is 5.73 Å². The van der Waals surface area contributed by atoms with Gasteiger partial charge in [-0.15, -0.1) is 0 Å². The molecule has 0 heterocycles. The summed E-state index contributed by atoms with van der Waals surface area (Å²) in [5.41, 5.74) is 8.47. The summed E-state index contributed by atoms with van der Waals surface area (Å²) >= 11 is 0. The maximum Gasteiger partial charge on any atom is 0.0111 e. The normalized spacial score (nSPS) is 27.4. The number of nitrogens with two attached hydrogens (primary N) is 1. The predicted molar refractivity (Wildman–Crippen MR) is 56.2 cm³/mol. The van der Waals surface area contributed by atoms with Crippen molar-refractivity contribution in [2.24, 2.45) is 11.7 Å². The Kier molecular flexibility index (Phi) is 2.19. The summed E-state index contributed by atoms with van der Waals surface area (Å²) in [6, 6.07) is 10.8. The summed E-state index contributed by atoms with van der Waals surface area (Å²) in [6.45, 7) is 2.17. The average Bonchev–Trinajstić information content (AvgIpc) is 2.84. The maximum atomic E-state index is 5.78. The molecule has 1 nitrogen and oxygen atoms in total. The van der Waals surface area contributed by atoms with E-state index in [1.165, 1.54) is 11.1 Å². The highest BCUT2D eigenvalue weighted by molar-refractivity contribution is 5.53. The lowest BCUT2D eigenvalue weighted by Crippen LogP contribution is -2.02. The van der Waals surface area contributed by atoms with Crippen molar-refractivity contribution >= 4 is 6.08 Å². The third kappa shape index (κ3) is 1.99. The molecule has 0 saturated heterocycles. The smallest absolute Gasteiger partial charge is 0.0111 e. The van der Waals surface area contributed by atoms with Gasteiger partial charge in [0, 0.05) is 6.04 Å². The molecule has 2 N–H and O–H groups in total. The second-order valence-corrected chi connectivity index (χ2v) is 3.81. The number of hydrogen-bond donors (Lipinski definition) is 1. The zero-order chi connectivity index (χ0) is 9.26. The Labute approximate surface area is 79.3 Å². The summed E-state index contributed by atoms with van der Waals surface area (Å²) in [6.07, 6.45) is 3.40. The molecule has 1 saturated carbocycles. The van der Waals surface area contributed by atoms with Gasteiger partial charge in [-0.3, -0.25) is 0 Å². The Balaban J connectivity index is 2.12. The molecule has 68 valence electrons. The van der Waals surface area contributed by atoms with Gasteiger partial charge in [-0.05, 0) is 24.8 Å². The van der Waals surface area contributed by atoms with Crippen LogP contribution in [0.5, 0.6) is 0 Å². The summed E-state index contributed by atoms with van der Waals surface area (Å²) < 4.78 is 0. The Bertz CT molecular complexity index is 313. The third-order valence-electron chi connectivity index (χ3n) is 2.62. The van der Waals surface area contributed by atoms with Crippen LogP contribution < -0.4 is 5.73 Å². The molecule has 13 heavy (non-hydrogen) atoms. The standard InChI is InChI=1S/C12H15N/c1-9(11-8-12(11)13)7-10-5-3-2-4-6-10/h2-7,11-12H,8,13H2,1H3. The molecule has 0 aliphatic heterocycles. The fourth-order valence-electron chi connectivity index (χ4n) is 1.66. The predicted octanol–water partition coefficient (Wildman–Crippen LogP) is 2.44. The molecule has 0 amide bonds. The van der Waals surface area contributed by atoms with Crippen molar-refractivity contribution < 1.29 is 0 Å². The summed E-state index contributed by atoms with van der Waals surface area (Å²) in [7, 11) is 0. The first-order valence-corrected chi connectivity index (χ1v) is 4.76. The van der Waals surface area contributed by atoms with Crippen LogP contribution in [0.4, 0.5) is 0 Å². The second kappa shape index (κ2) is 3.35. The first-order valence-electron chi connectivity index (χ1n) is 4.76. The van der Waals surface area contributed by atoms with E-state index in [2.05, 4.69) is 37.3 Å². The highest BCUT2D eigenvalue weighted by Crippen LogP contribution is 2.35. The molecule has 0 aromatic heterocycles. The van der Waals surface area contributed by atoms with Crippen molar-refractivity contribution in [2.75, 3.05) is 0 Å². The highest BCUT2D eigenvalue weighted by Gasteiger charge is 2.34. The van der Waals surface area contributed by atoms with Crippen molar-refractivity contribution in [1.29, 1.82) is 0 Å². The van der Waals surface area contributed by atoms with E-state index in [9.17, 15) is 0 Å². The average molecular weight is 173 g/mol. The van der Waals surface area contributed by atoms with E-state index >= 15 is 0 Å². The monoisotopic (exact) mass is 173 g/mol. The van der Waals surface area contributed by atoms with Gasteiger partial charge in [0.05, 0.1) is 0 Å². The molecule has 0 radical (unpaired) electrons. The molecule has 1 aromatic rings. The first kappa shape index (κ1) is 8.52. The third-order valence-corrected chi connectivity index (χ3v) is 2.62. The van der Waals surface area contributed by atoms with E-state index < -0.39 is 0 Å². The first-order chi connectivity index (χ1) is 6.27. The number of hydrogen-bond acceptors (Lipinski definition) is 1. The summed E-state index contributed by atoms with van der Waals surface area (Å²) in [4.78, 5) is 0. The molecule has 1 heteroatoms. The Morgan fingerprint density at radius 3 is 2.54 bits per heavy atom. The molecule has 2 rings (SSSR count). The van der Waals surface area contributed by atoms with Crippen molar-refractivity contribution in [3.63, 3.8) is 0 Å². The fraction of sp³-hybridized carbons (Fsp3) is 0.333. The van der Waals surface area contributed by atoms with E-state index in [0.717, 1.165) is 6.42 Å². The fourth-order valence-corrected chi connectivity index (χ4v) is 1.66. The van der Waals surface area contributed by atoms with Crippen LogP contribution in [0.2, 0.25) is 0 Å². The molecule has 1 aromatic carbocycles. The van der Waals surface area contributed by atoms with Crippen molar-refractivity contribution in [1.82, 2.24) is 0 Å². The van der Waals surface area contributed by atoms with Crippen LogP contribution in [0, 0.1) is 5.92 Å². The number of rotatable bonds is 2. The molecule has 1 fully saturated rings. The molecule has 0 bridgehead atoms. The Morgan fingerprint density at radius 2 is 2.00 bits per heavy atom. The molecule has 0 spiro atoms. The maximum absolute atomic E-state index is 5.78. The highest BCUT2D eigenvalue weighted by atomic mass is 14.7. The SMILES string of the molecule is CC(=Cc1ccccc1)C1CC1N. The van der Waals surface area contributed by atoms with E-state index in [0.29, 0.717) is 12.0 Å². The zero-order valence-electron chi connectivity index (χ0n) is 7.90. The number of benzene rings is 1. The van der Waals surface area contributed by atoms with Gasteiger partial charge in [0.2, 0.25) is 0 Å². The largest absolute Gasteiger partial charge is 0.327 e. The molecule has 1 aliphatic carbocycles. The van der Waals surface area contributed by atoms with Gasteiger partial charge in [0.15, 0.2) is 0 Å². The van der Waals surface area contributed by atoms with E-state index in [1.807, 2.05) is 6.07 Å². The molecule has 1 aliphatic rings. The second-order valence-electron chi connectivity index (χ2n) is 3.81. The lowest BCUT2D eigenvalue weighted by Gasteiger charge is -1.98. The minimum atomic E-state index is 0.417. The zero-order valence-corrected chi connectivity index (χ0v) is 7.90. The topological polar surface area (TPSA) is 26.0 Å². The van der Waals surface area contributed by atoms with E-state index in [1.54, 1.807) is 0 Å². The lowest BCUT2D eigenvalue weighted by molar-refractivity contribution is 0.924. The van der Waals surface area contributed by atoms with Crippen molar-refractivity contribution in [2.45, 2.75) is 19.4 Å². The van der Waals surface area contributed by atoms with Crippen LogP contribution >= 0.6 is 0 Å². The van der Waals surface area contributed by atoms with Crippen LogP contribution in [-0.2, 0) is 0 Å². The van der Waals surface area contributed by atoms with Gasteiger partial charge in [-0.1, -0.05) is 42.0 Å². The molecule has 2 unspecified atom stereocenters. The van der Waals surface area contributed by atoms with Crippen LogP contribution in [-0.4, -0.2) is 6.04 Å². The summed E-state index contributed by atoms with van der Waals surface area (Å²) in [5, 5.41) is 0. The minimum Gasteiger partial charge on any atom is -0.327 e. The Hall–Kier alpha value is -1.08. The molecular weight excluding hydrogens is 158 g/mol. The van der Waals surface area contributed by atoms with Gasteiger partial charge in [0.25, 0.3) is 0 Å². The lowest BCUT2D eigenvalue weighted by atomic mass is 10.1. The van der Waals surface area contributed by atoms with Crippen LogP contribution in [0.1, 0.15) is 18.9 Å². The van der Waals surface area contributed by atoms with Crippen LogP contribution in [0.15, 0.2) is 35.9 Å². The van der Waals surface area contributed by atoms with Crippen LogP contribution in [0.3, 0.4) is 0 Å². The quantitative estimate of drug-likeness (QED) is 0.730. The van der Waals surface area contributed by atoms with Gasteiger partial charge >= 0.3 is 0 Å². The van der Waals surface area contributed by atoms with Crippen molar-refractivity contribution in [3.05, 3.63) is 41.5 Å². The van der Waals surface area contributed by atoms with Gasteiger partial charge in [-0.25, -0.2) is 0 Å². The van der Waals surface area contributed by atoms with Crippen molar-refractivity contribution in [3.8, 4) is 0 Å². The van der Waals surface area contributed by atoms with E-state index in [-0.39, 0.29) is 0 Å². The minimum absolute atomic E-state index is 0.417.